The van der Waals surface area contributed by atoms with Crippen molar-refractivity contribution < 1.29 is 0 Å². The average molecular weight is 205 g/mol. The molecule has 15 heavy (non-hydrogen) atoms. The van der Waals surface area contributed by atoms with Crippen LogP contribution in [-0.2, 0) is 19.6 Å². The highest BCUT2D eigenvalue weighted by Gasteiger charge is 1.97. The van der Waals surface area contributed by atoms with Crippen LogP contribution in [0, 0.1) is 0 Å². The minimum Gasteiger partial charge on any atom is -0.336 e. The number of hydrogen-bond donors (Lipinski definition) is 1. The van der Waals surface area contributed by atoms with Gasteiger partial charge in [0, 0.05) is 38.2 Å². The van der Waals surface area contributed by atoms with Gasteiger partial charge in [-0.05, 0) is 7.05 Å². The van der Waals surface area contributed by atoms with Crippen molar-refractivity contribution in [2.45, 2.75) is 19.6 Å². The first-order valence-electron chi connectivity index (χ1n) is 4.99. The molecule has 0 aliphatic heterocycles. The van der Waals surface area contributed by atoms with Crippen molar-refractivity contribution in [1.29, 1.82) is 0 Å². The minimum absolute atomic E-state index is 0.818. The summed E-state index contributed by atoms with van der Waals surface area (Å²) in [6.45, 7) is 2.67. The van der Waals surface area contributed by atoms with Crippen LogP contribution in [0.2, 0.25) is 0 Å². The molecule has 0 saturated heterocycles. The molecular formula is C10H15N5. The van der Waals surface area contributed by atoms with Gasteiger partial charge in [-0.15, -0.1) is 0 Å². The van der Waals surface area contributed by atoms with Crippen LogP contribution in [0.15, 0.2) is 31.2 Å². The van der Waals surface area contributed by atoms with Gasteiger partial charge in [0.1, 0.15) is 0 Å². The van der Waals surface area contributed by atoms with E-state index in [-0.39, 0.29) is 0 Å². The summed E-state index contributed by atoms with van der Waals surface area (Å²) in [5.74, 6) is 0. The van der Waals surface area contributed by atoms with E-state index in [1.54, 1.807) is 6.20 Å². The maximum absolute atomic E-state index is 4.28. The normalized spacial score (nSPS) is 10.7. The maximum Gasteiger partial charge on any atom is 0.0950 e. The summed E-state index contributed by atoms with van der Waals surface area (Å²) in [6, 6.07) is 0. The van der Waals surface area contributed by atoms with Gasteiger partial charge in [0.05, 0.1) is 18.3 Å². The first-order chi connectivity index (χ1) is 7.38. The molecule has 2 aromatic heterocycles. The standard InChI is InChI=1S/C10H15N5/c1-11-6-10-7-15(9-13-10)5-4-14-3-2-12-8-14/h2-3,7-9,11H,4-6H2,1H3. The zero-order valence-electron chi connectivity index (χ0n) is 8.80. The summed E-state index contributed by atoms with van der Waals surface area (Å²) in [5, 5.41) is 3.08. The van der Waals surface area contributed by atoms with Crippen LogP contribution in [0.3, 0.4) is 0 Å². The lowest BCUT2D eigenvalue weighted by Gasteiger charge is -2.02. The SMILES string of the molecule is CNCc1cn(CCn2ccnc2)cn1. The van der Waals surface area contributed by atoms with Crippen molar-refractivity contribution in [2.24, 2.45) is 0 Å². The molecule has 5 heteroatoms. The smallest absolute Gasteiger partial charge is 0.0950 e. The predicted molar refractivity (Wildman–Crippen MR) is 57.2 cm³/mol. The van der Waals surface area contributed by atoms with E-state index in [1.807, 2.05) is 25.9 Å². The summed E-state index contributed by atoms with van der Waals surface area (Å²) in [4.78, 5) is 8.28. The van der Waals surface area contributed by atoms with E-state index in [9.17, 15) is 0 Å². The van der Waals surface area contributed by atoms with E-state index in [0.29, 0.717) is 0 Å². The van der Waals surface area contributed by atoms with E-state index in [4.69, 9.17) is 0 Å². The number of rotatable bonds is 5. The summed E-state index contributed by atoms with van der Waals surface area (Å²) in [6.07, 6.45) is 9.51. The van der Waals surface area contributed by atoms with Crippen LogP contribution in [0.5, 0.6) is 0 Å². The average Bonchev–Trinajstić information content (AvgIpc) is 2.85. The fraction of sp³-hybridized carbons (Fsp3) is 0.400. The first kappa shape index (κ1) is 9.92. The van der Waals surface area contributed by atoms with Crippen LogP contribution >= 0.6 is 0 Å². The molecule has 2 heterocycles. The van der Waals surface area contributed by atoms with E-state index in [1.165, 1.54) is 0 Å². The molecule has 0 amide bonds. The molecule has 0 unspecified atom stereocenters. The van der Waals surface area contributed by atoms with E-state index >= 15 is 0 Å². The summed E-state index contributed by atoms with van der Waals surface area (Å²) in [5.41, 5.74) is 1.07. The van der Waals surface area contributed by atoms with Gasteiger partial charge in [0.25, 0.3) is 0 Å². The Bertz CT molecular complexity index is 390. The second-order valence-corrected chi connectivity index (χ2v) is 3.43. The van der Waals surface area contributed by atoms with E-state index in [0.717, 1.165) is 25.3 Å². The Labute approximate surface area is 88.8 Å². The van der Waals surface area contributed by atoms with E-state index < -0.39 is 0 Å². The second-order valence-electron chi connectivity index (χ2n) is 3.43. The molecule has 0 fully saturated rings. The van der Waals surface area contributed by atoms with Gasteiger partial charge >= 0.3 is 0 Å². The van der Waals surface area contributed by atoms with Crippen molar-refractivity contribution >= 4 is 0 Å². The molecule has 2 aromatic rings. The van der Waals surface area contributed by atoms with Crippen LogP contribution in [0.4, 0.5) is 0 Å². The van der Waals surface area contributed by atoms with Gasteiger partial charge < -0.3 is 14.5 Å². The lowest BCUT2D eigenvalue weighted by molar-refractivity contribution is 0.577. The lowest BCUT2D eigenvalue weighted by Crippen LogP contribution is -2.06. The highest BCUT2D eigenvalue weighted by molar-refractivity contribution is 4.95. The van der Waals surface area contributed by atoms with Gasteiger partial charge in [0.2, 0.25) is 0 Å². The fourth-order valence-electron chi connectivity index (χ4n) is 1.45. The molecule has 0 aliphatic carbocycles. The molecule has 0 radical (unpaired) electrons. The molecule has 0 saturated carbocycles. The number of aryl methyl sites for hydroxylation is 2. The van der Waals surface area contributed by atoms with Crippen molar-refractivity contribution in [3.63, 3.8) is 0 Å². The van der Waals surface area contributed by atoms with E-state index in [2.05, 4.69) is 30.6 Å². The van der Waals surface area contributed by atoms with Crippen molar-refractivity contribution in [3.8, 4) is 0 Å². The Balaban J connectivity index is 1.88. The van der Waals surface area contributed by atoms with Gasteiger partial charge in [-0.25, -0.2) is 9.97 Å². The van der Waals surface area contributed by atoms with Crippen molar-refractivity contribution in [1.82, 2.24) is 24.4 Å². The van der Waals surface area contributed by atoms with Gasteiger partial charge in [-0.1, -0.05) is 0 Å². The van der Waals surface area contributed by atoms with Gasteiger partial charge in [-0.3, -0.25) is 0 Å². The molecule has 0 atom stereocenters. The molecule has 0 aromatic carbocycles. The van der Waals surface area contributed by atoms with Crippen molar-refractivity contribution in [2.75, 3.05) is 7.05 Å². The van der Waals surface area contributed by atoms with Crippen molar-refractivity contribution in [3.05, 3.63) is 36.9 Å². The molecule has 0 bridgehead atoms. The lowest BCUT2D eigenvalue weighted by atomic mass is 10.5. The zero-order valence-corrected chi connectivity index (χ0v) is 8.80. The maximum atomic E-state index is 4.28. The molecule has 5 nitrogen and oxygen atoms in total. The van der Waals surface area contributed by atoms with Crippen LogP contribution < -0.4 is 5.32 Å². The summed E-state index contributed by atoms with van der Waals surface area (Å²) >= 11 is 0. The Morgan fingerprint density at radius 1 is 1.27 bits per heavy atom. The second kappa shape index (κ2) is 4.75. The number of hydrogen-bond acceptors (Lipinski definition) is 3. The first-order valence-corrected chi connectivity index (χ1v) is 4.99. The Morgan fingerprint density at radius 3 is 2.87 bits per heavy atom. The molecule has 0 aliphatic rings. The Hall–Kier alpha value is -1.62. The zero-order chi connectivity index (χ0) is 10.5. The number of imidazole rings is 2. The number of nitrogens with zero attached hydrogens (tertiary/aromatic N) is 4. The Kier molecular flexibility index (Phi) is 3.14. The summed E-state index contributed by atoms with van der Waals surface area (Å²) < 4.78 is 4.14. The highest BCUT2D eigenvalue weighted by atomic mass is 15.1. The fourth-order valence-corrected chi connectivity index (χ4v) is 1.45. The third-order valence-corrected chi connectivity index (χ3v) is 2.22. The summed E-state index contributed by atoms with van der Waals surface area (Å²) in [7, 11) is 1.92. The van der Waals surface area contributed by atoms with Crippen LogP contribution in [0.1, 0.15) is 5.69 Å². The van der Waals surface area contributed by atoms with Gasteiger partial charge in [-0.2, -0.15) is 0 Å². The monoisotopic (exact) mass is 205 g/mol. The topological polar surface area (TPSA) is 47.7 Å². The Morgan fingerprint density at radius 2 is 2.13 bits per heavy atom. The highest BCUT2D eigenvalue weighted by Crippen LogP contribution is 1.97. The molecule has 1 N–H and O–H groups in total. The largest absolute Gasteiger partial charge is 0.336 e. The van der Waals surface area contributed by atoms with Gasteiger partial charge in [0.15, 0.2) is 0 Å². The third-order valence-electron chi connectivity index (χ3n) is 2.22. The third kappa shape index (κ3) is 2.66. The molecule has 0 spiro atoms. The predicted octanol–water partition coefficient (Wildman–Crippen LogP) is 0.499. The quantitative estimate of drug-likeness (QED) is 0.773. The molecule has 80 valence electrons. The van der Waals surface area contributed by atoms with Crippen LogP contribution in [-0.4, -0.2) is 26.1 Å². The van der Waals surface area contributed by atoms with Crippen LogP contribution in [0.25, 0.3) is 0 Å². The molecular weight excluding hydrogens is 190 g/mol. The number of nitrogens with one attached hydrogen (secondary N) is 1. The number of aromatic nitrogens is 4. The minimum atomic E-state index is 0.818. The molecule has 2 rings (SSSR count).